The van der Waals surface area contributed by atoms with Crippen molar-refractivity contribution in [3.63, 3.8) is 0 Å². The zero-order chi connectivity index (χ0) is 13.5. The summed E-state index contributed by atoms with van der Waals surface area (Å²) in [5.74, 6) is 0.0346. The number of nitrogens with one attached hydrogen (secondary N) is 1. The maximum absolute atomic E-state index is 11.8. The second-order valence-corrected chi connectivity index (χ2v) is 4.06. The third-order valence-corrected chi connectivity index (χ3v) is 2.56. The van der Waals surface area contributed by atoms with Gasteiger partial charge in [-0.05, 0) is 37.6 Å². The lowest BCUT2D eigenvalue weighted by atomic mass is 10.1. The van der Waals surface area contributed by atoms with Gasteiger partial charge in [0.1, 0.15) is 5.75 Å². The number of carbonyl (C=O) groups is 1. The van der Waals surface area contributed by atoms with Crippen molar-refractivity contribution in [3.05, 3.63) is 23.8 Å². The highest BCUT2D eigenvalue weighted by Crippen LogP contribution is 2.20. The fourth-order valence-corrected chi connectivity index (χ4v) is 1.64. The third-order valence-electron chi connectivity index (χ3n) is 2.56. The van der Waals surface area contributed by atoms with Gasteiger partial charge in [-0.3, -0.25) is 4.79 Å². The summed E-state index contributed by atoms with van der Waals surface area (Å²) in [5.41, 5.74) is 7.01. The Hall–Kier alpha value is -1.59. The Kier molecular flexibility index (Phi) is 5.61. The molecule has 0 heterocycles. The van der Waals surface area contributed by atoms with Crippen molar-refractivity contribution in [2.24, 2.45) is 5.73 Å². The van der Waals surface area contributed by atoms with Crippen LogP contribution in [0.3, 0.4) is 0 Å². The Morgan fingerprint density at radius 3 is 2.83 bits per heavy atom. The van der Waals surface area contributed by atoms with Crippen molar-refractivity contribution < 1.29 is 14.6 Å². The molecular formula is C13H20N2O3. The van der Waals surface area contributed by atoms with Gasteiger partial charge in [-0.1, -0.05) is 0 Å². The molecule has 0 aromatic heterocycles. The van der Waals surface area contributed by atoms with Crippen LogP contribution in [0.2, 0.25) is 0 Å². The average Bonchev–Trinajstić information content (AvgIpc) is 2.32. The molecule has 0 radical (unpaired) electrons. The number of anilines is 1. The first-order valence-corrected chi connectivity index (χ1v) is 5.98. The molecule has 1 aromatic rings. The summed E-state index contributed by atoms with van der Waals surface area (Å²) < 4.78 is 5.32. The summed E-state index contributed by atoms with van der Waals surface area (Å²) in [6.07, 6.45) is -0.0302. The molecule has 4 N–H and O–H groups in total. The van der Waals surface area contributed by atoms with Gasteiger partial charge in [0.15, 0.2) is 0 Å². The standard InChI is InChI=1S/C13H20N2O3/c1-3-18-11(8-14)7-13(17)15-12-5-4-10(16)6-9(12)2/h4-6,11,16H,3,7-8,14H2,1-2H3,(H,15,17). The van der Waals surface area contributed by atoms with Gasteiger partial charge < -0.3 is 20.9 Å². The first kappa shape index (κ1) is 14.5. The van der Waals surface area contributed by atoms with E-state index in [9.17, 15) is 9.90 Å². The van der Waals surface area contributed by atoms with E-state index in [1.807, 2.05) is 13.8 Å². The highest BCUT2D eigenvalue weighted by Gasteiger charge is 2.13. The maximum atomic E-state index is 11.8. The van der Waals surface area contributed by atoms with Gasteiger partial charge in [0.05, 0.1) is 12.5 Å². The Bertz CT molecular complexity index is 407. The normalized spacial score (nSPS) is 12.2. The van der Waals surface area contributed by atoms with Crippen molar-refractivity contribution >= 4 is 11.6 Å². The number of aromatic hydroxyl groups is 1. The SMILES string of the molecule is CCOC(CN)CC(=O)Nc1ccc(O)cc1C. The van der Waals surface area contributed by atoms with E-state index in [2.05, 4.69) is 5.32 Å². The molecule has 1 rings (SSSR count). The second kappa shape index (κ2) is 6.98. The largest absolute Gasteiger partial charge is 0.508 e. The minimum Gasteiger partial charge on any atom is -0.508 e. The molecule has 0 aliphatic carbocycles. The van der Waals surface area contributed by atoms with Crippen LogP contribution in [-0.2, 0) is 9.53 Å². The Labute approximate surface area is 107 Å². The predicted octanol–water partition coefficient (Wildman–Crippen LogP) is 1.39. The molecule has 0 fully saturated rings. The predicted molar refractivity (Wildman–Crippen MR) is 70.6 cm³/mol. The molecule has 100 valence electrons. The lowest BCUT2D eigenvalue weighted by Crippen LogP contribution is -2.29. The van der Waals surface area contributed by atoms with Crippen LogP contribution in [0.4, 0.5) is 5.69 Å². The van der Waals surface area contributed by atoms with Gasteiger partial charge in [-0.2, -0.15) is 0 Å². The molecule has 0 aliphatic heterocycles. The topological polar surface area (TPSA) is 84.6 Å². The van der Waals surface area contributed by atoms with Crippen LogP contribution in [0.5, 0.6) is 5.75 Å². The molecule has 1 amide bonds. The summed E-state index contributed by atoms with van der Waals surface area (Å²) >= 11 is 0. The smallest absolute Gasteiger partial charge is 0.227 e. The number of phenolic OH excluding ortho intramolecular Hbond substituents is 1. The van der Waals surface area contributed by atoms with E-state index in [4.69, 9.17) is 10.5 Å². The van der Waals surface area contributed by atoms with E-state index in [0.717, 1.165) is 5.56 Å². The van der Waals surface area contributed by atoms with Crippen LogP contribution in [0.15, 0.2) is 18.2 Å². The molecule has 1 atom stereocenters. The van der Waals surface area contributed by atoms with Crippen molar-refractivity contribution in [1.29, 1.82) is 0 Å². The Balaban J connectivity index is 2.58. The fourth-order valence-electron chi connectivity index (χ4n) is 1.64. The highest BCUT2D eigenvalue weighted by molar-refractivity contribution is 5.91. The lowest BCUT2D eigenvalue weighted by molar-refractivity contribution is -0.118. The fraction of sp³-hybridized carbons (Fsp3) is 0.462. The van der Waals surface area contributed by atoms with Crippen molar-refractivity contribution in [1.82, 2.24) is 0 Å². The Morgan fingerprint density at radius 2 is 2.28 bits per heavy atom. The monoisotopic (exact) mass is 252 g/mol. The number of aryl methyl sites for hydroxylation is 1. The first-order valence-electron chi connectivity index (χ1n) is 5.98. The number of carbonyl (C=O) groups excluding carboxylic acids is 1. The number of ether oxygens (including phenoxy) is 1. The summed E-state index contributed by atoms with van der Waals surface area (Å²) in [7, 11) is 0. The van der Waals surface area contributed by atoms with Crippen LogP contribution in [0, 0.1) is 6.92 Å². The highest BCUT2D eigenvalue weighted by atomic mass is 16.5. The number of phenols is 1. The van der Waals surface area contributed by atoms with Gasteiger partial charge in [0.2, 0.25) is 5.91 Å². The van der Waals surface area contributed by atoms with E-state index >= 15 is 0 Å². The zero-order valence-electron chi connectivity index (χ0n) is 10.8. The van der Waals surface area contributed by atoms with E-state index < -0.39 is 0 Å². The first-order chi connectivity index (χ1) is 8.56. The van der Waals surface area contributed by atoms with Crippen molar-refractivity contribution in [2.45, 2.75) is 26.4 Å². The third kappa shape index (κ3) is 4.35. The molecule has 1 aromatic carbocycles. The number of nitrogens with two attached hydrogens (primary N) is 1. The van der Waals surface area contributed by atoms with Crippen LogP contribution in [0.1, 0.15) is 18.9 Å². The number of rotatable bonds is 6. The van der Waals surface area contributed by atoms with E-state index in [1.165, 1.54) is 6.07 Å². The molecule has 5 nitrogen and oxygen atoms in total. The molecule has 0 saturated carbocycles. The van der Waals surface area contributed by atoms with Crippen LogP contribution in [-0.4, -0.2) is 30.3 Å². The van der Waals surface area contributed by atoms with Gasteiger partial charge in [-0.25, -0.2) is 0 Å². The summed E-state index contributed by atoms with van der Waals surface area (Å²) in [5, 5.41) is 12.1. The van der Waals surface area contributed by atoms with Crippen molar-refractivity contribution in [3.8, 4) is 5.75 Å². The Morgan fingerprint density at radius 1 is 1.56 bits per heavy atom. The second-order valence-electron chi connectivity index (χ2n) is 4.06. The summed E-state index contributed by atoms with van der Waals surface area (Å²) in [4.78, 5) is 11.8. The quantitative estimate of drug-likeness (QED) is 0.668. The van der Waals surface area contributed by atoms with Crippen molar-refractivity contribution in [2.75, 3.05) is 18.5 Å². The summed E-state index contributed by atoms with van der Waals surface area (Å²) in [6, 6.07) is 4.80. The van der Waals surface area contributed by atoms with Gasteiger partial charge in [0, 0.05) is 18.8 Å². The average molecular weight is 252 g/mol. The minimum atomic E-state index is -0.257. The molecule has 0 bridgehead atoms. The molecule has 5 heteroatoms. The maximum Gasteiger partial charge on any atom is 0.227 e. The number of hydrogen-bond donors (Lipinski definition) is 3. The zero-order valence-corrected chi connectivity index (χ0v) is 10.8. The van der Waals surface area contributed by atoms with E-state index in [0.29, 0.717) is 18.8 Å². The van der Waals surface area contributed by atoms with Gasteiger partial charge in [0.25, 0.3) is 0 Å². The van der Waals surface area contributed by atoms with E-state index in [-0.39, 0.29) is 24.2 Å². The van der Waals surface area contributed by atoms with Crippen LogP contribution < -0.4 is 11.1 Å². The summed E-state index contributed by atoms with van der Waals surface area (Å²) in [6.45, 7) is 4.53. The number of benzene rings is 1. The molecule has 0 saturated heterocycles. The van der Waals surface area contributed by atoms with Crippen LogP contribution >= 0.6 is 0 Å². The molecule has 0 aliphatic rings. The molecule has 1 unspecified atom stereocenters. The van der Waals surface area contributed by atoms with Gasteiger partial charge >= 0.3 is 0 Å². The number of hydrogen-bond acceptors (Lipinski definition) is 4. The minimum absolute atomic E-state index is 0.146. The van der Waals surface area contributed by atoms with Crippen LogP contribution in [0.25, 0.3) is 0 Å². The molecular weight excluding hydrogens is 232 g/mol. The lowest BCUT2D eigenvalue weighted by Gasteiger charge is -2.15. The number of amides is 1. The van der Waals surface area contributed by atoms with Gasteiger partial charge in [-0.15, -0.1) is 0 Å². The molecule has 0 spiro atoms. The van der Waals surface area contributed by atoms with E-state index in [1.54, 1.807) is 12.1 Å². The molecule has 18 heavy (non-hydrogen) atoms.